The lowest BCUT2D eigenvalue weighted by Crippen LogP contribution is -2.55. The average Bonchev–Trinajstić information content (AvgIpc) is 2.73. The lowest BCUT2D eigenvalue weighted by Gasteiger charge is -2.25. The zero-order chi connectivity index (χ0) is 23.4. The van der Waals surface area contributed by atoms with Crippen molar-refractivity contribution in [3.8, 4) is 22.3 Å². The van der Waals surface area contributed by atoms with Gasteiger partial charge in [0.1, 0.15) is 78.5 Å². The van der Waals surface area contributed by atoms with Crippen molar-refractivity contribution in [2.75, 3.05) is 0 Å². The fraction of sp³-hybridized carbons (Fsp3) is 0.143. The highest BCUT2D eigenvalue weighted by molar-refractivity contribution is 6.70. The molecule has 0 atom stereocenters. The summed E-state index contributed by atoms with van der Waals surface area (Å²) in [5, 5.41) is 0. The minimum absolute atomic E-state index is 0.145. The third kappa shape index (κ3) is 3.96. The van der Waals surface area contributed by atoms with Crippen LogP contribution in [0.4, 0.5) is 0 Å². The molecule has 0 aromatic heterocycles. The van der Waals surface area contributed by atoms with Gasteiger partial charge in [-0.25, -0.2) is 0 Å². The molecule has 0 unspecified atom stereocenters. The zero-order valence-corrected chi connectivity index (χ0v) is 17.6. The van der Waals surface area contributed by atoms with E-state index in [4.69, 9.17) is 78.5 Å². The van der Waals surface area contributed by atoms with E-state index in [9.17, 15) is 0 Å². The fourth-order valence-corrected chi connectivity index (χ4v) is 3.60. The van der Waals surface area contributed by atoms with E-state index in [1.807, 2.05) is 32.0 Å². The number of benzene rings is 3. The van der Waals surface area contributed by atoms with Crippen molar-refractivity contribution in [1.29, 1.82) is 0 Å². The van der Waals surface area contributed by atoms with Crippen LogP contribution in [-0.2, 0) is 0 Å². The Morgan fingerprint density at radius 1 is 0.419 bits per heavy atom. The maximum atomic E-state index is 6.28. The van der Waals surface area contributed by atoms with Crippen molar-refractivity contribution >= 4 is 133 Å². The summed E-state index contributed by atoms with van der Waals surface area (Å²) in [6.07, 6.45) is 0. The Labute approximate surface area is 198 Å². The summed E-state index contributed by atoms with van der Waals surface area (Å²) in [6.45, 7) is 4.08. The minimum Gasteiger partial charge on any atom is -0.112 e. The van der Waals surface area contributed by atoms with Crippen LogP contribution in [0.15, 0.2) is 18.2 Å². The van der Waals surface area contributed by atoms with Crippen molar-refractivity contribution in [2.45, 2.75) is 19.8 Å². The number of hydrogen-bond acceptors (Lipinski definition) is 0. The molecule has 0 fully saturated rings. The normalized spacial score (nSPS) is 11.2. The first-order valence-electron chi connectivity index (χ1n) is 9.56. The van der Waals surface area contributed by atoms with Gasteiger partial charge in [0, 0.05) is 0 Å². The maximum Gasteiger partial charge on any atom is 0.113 e. The quantitative estimate of drug-likeness (QED) is 0.403. The molecule has 0 bridgehead atoms. The highest BCUT2D eigenvalue weighted by atomic mass is 14.2. The first-order valence-corrected chi connectivity index (χ1v) is 9.56. The summed E-state index contributed by atoms with van der Waals surface area (Å²) < 4.78 is 0. The first kappa shape index (κ1) is 24.0. The summed E-state index contributed by atoms with van der Waals surface area (Å²) in [5.41, 5.74) is 5.12. The van der Waals surface area contributed by atoms with Gasteiger partial charge in [0.2, 0.25) is 0 Å². The van der Waals surface area contributed by atoms with Gasteiger partial charge in [-0.2, -0.15) is 0 Å². The van der Waals surface area contributed by atoms with Crippen LogP contribution in [-0.4, -0.2) is 78.5 Å². The SMILES string of the molecule is [B]c1c([B])c([B])c(-c2cc(-c3c([B])c([B])c([B])c([B])c3[B])cc(C(C)C)c2)c([B])c1[B]. The van der Waals surface area contributed by atoms with E-state index in [1.165, 1.54) is 0 Å². The van der Waals surface area contributed by atoms with Gasteiger partial charge in [0.15, 0.2) is 0 Å². The average molecular weight is 370 g/mol. The highest BCUT2D eigenvalue weighted by Crippen LogP contribution is 2.28. The van der Waals surface area contributed by atoms with E-state index < -0.39 is 0 Å². The van der Waals surface area contributed by atoms with Crippen LogP contribution in [0, 0.1) is 0 Å². The Bertz CT molecular complexity index is 1070. The lowest BCUT2D eigenvalue weighted by molar-refractivity contribution is 0.867. The molecule has 0 N–H and O–H groups in total. The summed E-state index contributed by atoms with van der Waals surface area (Å²) in [7, 11) is 61.3. The van der Waals surface area contributed by atoms with E-state index in [0.717, 1.165) is 5.56 Å². The van der Waals surface area contributed by atoms with Crippen molar-refractivity contribution in [3.05, 3.63) is 23.8 Å². The molecule has 124 valence electrons. The van der Waals surface area contributed by atoms with Gasteiger partial charge in [0.25, 0.3) is 0 Å². The van der Waals surface area contributed by atoms with Gasteiger partial charge in [-0.15, -0.1) is 32.8 Å². The van der Waals surface area contributed by atoms with Gasteiger partial charge in [-0.3, -0.25) is 0 Å². The molecule has 3 rings (SSSR count). The van der Waals surface area contributed by atoms with Crippen LogP contribution >= 0.6 is 0 Å². The van der Waals surface area contributed by atoms with E-state index in [1.54, 1.807) is 0 Å². The molecular weight excluding hydrogens is 360 g/mol. The number of rotatable bonds is 3. The molecule has 10 heteroatoms. The highest BCUT2D eigenvalue weighted by Gasteiger charge is 2.17. The summed E-state index contributed by atoms with van der Waals surface area (Å²) in [4.78, 5) is 0. The molecule has 0 saturated heterocycles. The Morgan fingerprint density at radius 3 is 0.935 bits per heavy atom. The monoisotopic (exact) mass is 372 g/mol. The van der Waals surface area contributed by atoms with Crippen LogP contribution in [0.5, 0.6) is 0 Å². The van der Waals surface area contributed by atoms with E-state index >= 15 is 0 Å². The second-order valence-electron chi connectivity index (χ2n) is 7.89. The van der Waals surface area contributed by atoms with Crippen LogP contribution in [0.2, 0.25) is 0 Å². The summed E-state index contributed by atoms with van der Waals surface area (Å²) in [6, 6.07) is 5.71. The van der Waals surface area contributed by atoms with Crippen LogP contribution in [0.25, 0.3) is 22.3 Å². The minimum atomic E-state index is 0.145. The molecule has 0 amide bonds. The van der Waals surface area contributed by atoms with Gasteiger partial charge in [-0.05, 0) is 39.8 Å². The third-order valence-corrected chi connectivity index (χ3v) is 5.60. The molecule has 3 aromatic carbocycles. The Morgan fingerprint density at radius 2 is 0.677 bits per heavy atom. The molecule has 31 heavy (non-hydrogen) atoms. The van der Waals surface area contributed by atoms with Gasteiger partial charge in [0.05, 0.1) is 0 Å². The second-order valence-corrected chi connectivity index (χ2v) is 7.89. The Balaban J connectivity index is 2.43. The lowest BCUT2D eigenvalue weighted by atomic mass is 9.59. The van der Waals surface area contributed by atoms with Crippen molar-refractivity contribution in [3.63, 3.8) is 0 Å². The van der Waals surface area contributed by atoms with E-state index in [0.29, 0.717) is 22.3 Å². The standard InChI is InChI=1S/C21H10B10/c1-6(2)7-3-8(10-12(22)16(26)20(30)17(27)13(10)23)5-9(4-7)11-14(24)18(28)21(31)19(29)15(11)25/h3-6H,1-2H3. The van der Waals surface area contributed by atoms with Crippen LogP contribution in [0.3, 0.4) is 0 Å². The topological polar surface area (TPSA) is 0 Å². The molecule has 0 spiro atoms. The zero-order valence-electron chi connectivity index (χ0n) is 17.6. The maximum absolute atomic E-state index is 6.28. The predicted molar refractivity (Wildman–Crippen MR) is 145 cm³/mol. The number of hydrogen-bond donors (Lipinski definition) is 0. The third-order valence-electron chi connectivity index (χ3n) is 5.60. The van der Waals surface area contributed by atoms with Crippen LogP contribution < -0.4 is 54.6 Å². The summed E-state index contributed by atoms with van der Waals surface area (Å²) >= 11 is 0. The Hall–Kier alpha value is -1.69. The van der Waals surface area contributed by atoms with Gasteiger partial charge >= 0.3 is 0 Å². The van der Waals surface area contributed by atoms with Crippen molar-refractivity contribution < 1.29 is 0 Å². The summed E-state index contributed by atoms with van der Waals surface area (Å²) in [5.74, 6) is 0.149. The molecule has 3 aromatic rings. The van der Waals surface area contributed by atoms with Gasteiger partial charge in [-0.1, -0.05) is 47.8 Å². The molecule has 0 aliphatic heterocycles. The molecule has 0 nitrogen and oxygen atoms in total. The largest absolute Gasteiger partial charge is 0.113 e. The van der Waals surface area contributed by atoms with E-state index in [2.05, 4.69) is 0 Å². The molecule has 0 saturated carbocycles. The molecule has 0 aliphatic carbocycles. The van der Waals surface area contributed by atoms with Crippen LogP contribution in [0.1, 0.15) is 25.3 Å². The smallest absolute Gasteiger partial charge is 0.112 e. The molecule has 0 heterocycles. The van der Waals surface area contributed by atoms with Gasteiger partial charge < -0.3 is 0 Å². The van der Waals surface area contributed by atoms with E-state index in [-0.39, 0.29) is 60.5 Å². The first-order chi connectivity index (χ1) is 14.4. The fourth-order valence-electron chi connectivity index (χ4n) is 3.60. The van der Waals surface area contributed by atoms with Crippen molar-refractivity contribution in [2.24, 2.45) is 0 Å². The molecule has 20 radical (unpaired) electrons. The molecule has 0 aliphatic rings. The predicted octanol–water partition coefficient (Wildman–Crippen LogP) is -5.92. The van der Waals surface area contributed by atoms with Crippen molar-refractivity contribution in [1.82, 2.24) is 0 Å². The molecular formula is C21H10B10. The second kappa shape index (κ2) is 8.68. The Kier molecular flexibility index (Phi) is 6.71.